The van der Waals surface area contributed by atoms with E-state index in [0.29, 0.717) is 18.2 Å². The predicted octanol–water partition coefficient (Wildman–Crippen LogP) is 2.87. The second kappa shape index (κ2) is 10.2. The van der Waals surface area contributed by atoms with Crippen molar-refractivity contribution in [3.63, 3.8) is 0 Å². The van der Waals surface area contributed by atoms with Crippen LogP contribution in [-0.4, -0.2) is 77.4 Å². The Morgan fingerprint density at radius 3 is 2.31 bits per heavy atom. The van der Waals surface area contributed by atoms with Crippen LogP contribution in [0.5, 0.6) is 5.75 Å². The van der Waals surface area contributed by atoms with E-state index in [1.165, 1.54) is 0 Å². The van der Waals surface area contributed by atoms with Gasteiger partial charge in [0.2, 0.25) is 0 Å². The first-order valence-electron chi connectivity index (χ1n) is 12.1. The van der Waals surface area contributed by atoms with Crippen LogP contribution in [-0.2, 0) is 0 Å². The molecule has 1 amide bonds. The highest BCUT2D eigenvalue weighted by Crippen LogP contribution is 2.35. The number of hydrogen-bond acceptors (Lipinski definition) is 5. The molecular weight excluding hydrogens is 404 g/mol. The van der Waals surface area contributed by atoms with E-state index < -0.39 is 0 Å². The molecule has 0 unspecified atom stereocenters. The third kappa shape index (κ3) is 5.27. The summed E-state index contributed by atoms with van der Waals surface area (Å²) in [5.74, 6) is 0.870. The van der Waals surface area contributed by atoms with Crippen LogP contribution in [0.25, 0.3) is 10.9 Å². The molecule has 1 aromatic heterocycles. The molecule has 4 rings (SSSR count). The molecule has 3 N–H and O–H groups in total. The Hall–Kier alpha value is -2.09. The van der Waals surface area contributed by atoms with Crippen LogP contribution in [0.4, 0.5) is 0 Å². The van der Waals surface area contributed by atoms with Crippen LogP contribution in [0, 0.1) is 5.92 Å². The van der Waals surface area contributed by atoms with E-state index in [1.807, 2.05) is 18.2 Å². The number of amides is 1. The van der Waals surface area contributed by atoms with Crippen LogP contribution in [0.1, 0.15) is 56.1 Å². The molecule has 2 fully saturated rings. The number of nitrogens with zero attached hydrogens (tertiary/aromatic N) is 3. The SMILES string of the molecule is CC(C)COc1cccc2c1cc(C(N)=O)n2C1CCN(CCN2CCC(O)CC2)CC1. The number of aliphatic hydroxyl groups excluding tert-OH is 1. The van der Waals surface area contributed by atoms with Gasteiger partial charge >= 0.3 is 0 Å². The maximum atomic E-state index is 12.3. The van der Waals surface area contributed by atoms with Crippen molar-refractivity contribution in [2.45, 2.75) is 51.7 Å². The quantitative estimate of drug-likeness (QED) is 0.657. The van der Waals surface area contributed by atoms with Crippen molar-refractivity contribution in [3.05, 3.63) is 30.0 Å². The molecule has 7 nitrogen and oxygen atoms in total. The Balaban J connectivity index is 1.43. The van der Waals surface area contributed by atoms with Crippen molar-refractivity contribution < 1.29 is 14.6 Å². The number of likely N-dealkylation sites (tertiary alicyclic amines) is 2. The minimum atomic E-state index is -0.384. The third-order valence-electron chi connectivity index (χ3n) is 6.88. The van der Waals surface area contributed by atoms with Crippen LogP contribution < -0.4 is 10.5 Å². The molecular formula is C25H38N4O3. The van der Waals surface area contributed by atoms with Gasteiger partial charge in [-0.25, -0.2) is 0 Å². The molecule has 0 spiro atoms. The zero-order chi connectivity index (χ0) is 22.7. The Morgan fingerprint density at radius 1 is 1.09 bits per heavy atom. The molecule has 1 aromatic carbocycles. The fourth-order valence-corrected chi connectivity index (χ4v) is 5.02. The molecule has 2 aromatic rings. The lowest BCUT2D eigenvalue weighted by molar-refractivity contribution is 0.0733. The van der Waals surface area contributed by atoms with Gasteiger partial charge in [-0.3, -0.25) is 4.79 Å². The maximum absolute atomic E-state index is 12.3. The molecule has 0 radical (unpaired) electrons. The molecule has 2 aliphatic rings. The highest BCUT2D eigenvalue weighted by Gasteiger charge is 2.27. The van der Waals surface area contributed by atoms with Gasteiger partial charge in [0.1, 0.15) is 11.4 Å². The molecule has 3 heterocycles. The van der Waals surface area contributed by atoms with Crippen molar-refractivity contribution in [1.29, 1.82) is 0 Å². The third-order valence-corrected chi connectivity index (χ3v) is 6.88. The van der Waals surface area contributed by atoms with E-state index in [-0.39, 0.29) is 18.1 Å². The number of ether oxygens (including phenoxy) is 1. The zero-order valence-electron chi connectivity index (χ0n) is 19.5. The average molecular weight is 443 g/mol. The predicted molar refractivity (Wildman–Crippen MR) is 127 cm³/mol. The molecule has 2 saturated heterocycles. The van der Waals surface area contributed by atoms with Gasteiger partial charge in [0.05, 0.1) is 18.2 Å². The Kier molecular flexibility index (Phi) is 7.38. The average Bonchev–Trinajstić information content (AvgIpc) is 3.18. The van der Waals surface area contributed by atoms with Crippen molar-refractivity contribution in [2.24, 2.45) is 11.7 Å². The highest BCUT2D eigenvalue weighted by atomic mass is 16.5. The van der Waals surface area contributed by atoms with Crippen molar-refractivity contribution in [1.82, 2.24) is 14.4 Å². The number of rotatable bonds is 8. The number of aromatic nitrogens is 1. The summed E-state index contributed by atoms with van der Waals surface area (Å²) in [6.07, 6.45) is 3.66. The number of nitrogens with two attached hydrogens (primary N) is 1. The molecule has 176 valence electrons. The first kappa shape index (κ1) is 23.1. The van der Waals surface area contributed by atoms with Gasteiger partial charge in [-0.2, -0.15) is 0 Å². The van der Waals surface area contributed by atoms with Gasteiger partial charge in [-0.15, -0.1) is 0 Å². The molecule has 0 atom stereocenters. The van der Waals surface area contributed by atoms with E-state index in [2.05, 4.69) is 34.3 Å². The molecule has 0 saturated carbocycles. The maximum Gasteiger partial charge on any atom is 0.265 e. The smallest absolute Gasteiger partial charge is 0.265 e. The Bertz CT molecular complexity index is 909. The van der Waals surface area contributed by atoms with E-state index in [0.717, 1.165) is 81.6 Å². The Labute approximate surface area is 191 Å². The molecule has 7 heteroatoms. The Morgan fingerprint density at radius 2 is 1.72 bits per heavy atom. The van der Waals surface area contributed by atoms with Crippen LogP contribution in [0.15, 0.2) is 24.3 Å². The second-order valence-corrected chi connectivity index (χ2v) is 9.80. The zero-order valence-corrected chi connectivity index (χ0v) is 19.5. The summed E-state index contributed by atoms with van der Waals surface area (Å²) in [6, 6.07) is 8.22. The van der Waals surface area contributed by atoms with E-state index in [9.17, 15) is 9.90 Å². The number of fused-ring (bicyclic) bond motifs is 1. The molecule has 2 aliphatic heterocycles. The van der Waals surface area contributed by atoms with Gasteiger partial charge in [-0.1, -0.05) is 19.9 Å². The number of benzene rings is 1. The van der Waals surface area contributed by atoms with Gasteiger partial charge in [-0.05, 0) is 49.8 Å². The monoisotopic (exact) mass is 442 g/mol. The molecule has 32 heavy (non-hydrogen) atoms. The standard InChI is InChI=1S/C25H38N4O3/c1-18(2)17-32-24-5-3-4-22-21(24)16-23(25(26)31)29(22)19-6-10-27(11-7-19)14-15-28-12-8-20(30)9-13-28/h3-5,16,18-20,30H,6-15,17H2,1-2H3,(H2,26,31). The summed E-state index contributed by atoms with van der Waals surface area (Å²) < 4.78 is 8.19. The summed E-state index contributed by atoms with van der Waals surface area (Å²) in [5, 5.41) is 10.7. The van der Waals surface area contributed by atoms with Crippen molar-refractivity contribution >= 4 is 16.8 Å². The van der Waals surface area contributed by atoms with Gasteiger partial charge in [0.15, 0.2) is 0 Å². The van der Waals surface area contributed by atoms with E-state index in [1.54, 1.807) is 0 Å². The van der Waals surface area contributed by atoms with Crippen LogP contribution >= 0.6 is 0 Å². The lowest BCUT2D eigenvalue weighted by Crippen LogP contribution is -2.43. The molecule has 0 aliphatic carbocycles. The van der Waals surface area contributed by atoms with Crippen molar-refractivity contribution in [3.8, 4) is 5.75 Å². The van der Waals surface area contributed by atoms with Crippen LogP contribution in [0.2, 0.25) is 0 Å². The number of piperidine rings is 2. The van der Waals surface area contributed by atoms with Crippen LogP contribution in [0.3, 0.4) is 0 Å². The summed E-state index contributed by atoms with van der Waals surface area (Å²) in [5.41, 5.74) is 7.40. The number of carbonyl (C=O) groups excluding carboxylic acids is 1. The fourth-order valence-electron chi connectivity index (χ4n) is 5.02. The second-order valence-electron chi connectivity index (χ2n) is 9.80. The summed E-state index contributed by atoms with van der Waals surface area (Å²) in [4.78, 5) is 17.3. The largest absolute Gasteiger partial charge is 0.493 e. The first-order valence-corrected chi connectivity index (χ1v) is 12.1. The first-order chi connectivity index (χ1) is 15.4. The summed E-state index contributed by atoms with van der Waals surface area (Å²) in [6.45, 7) is 11.0. The van der Waals surface area contributed by atoms with E-state index >= 15 is 0 Å². The number of primary amides is 1. The summed E-state index contributed by atoms with van der Waals surface area (Å²) >= 11 is 0. The number of aliphatic hydroxyl groups is 1. The minimum Gasteiger partial charge on any atom is -0.493 e. The lowest BCUT2D eigenvalue weighted by Gasteiger charge is -2.36. The van der Waals surface area contributed by atoms with E-state index in [4.69, 9.17) is 10.5 Å². The molecule has 0 bridgehead atoms. The van der Waals surface area contributed by atoms with Crippen molar-refractivity contribution in [2.75, 3.05) is 45.9 Å². The fraction of sp³-hybridized carbons (Fsp3) is 0.640. The highest BCUT2D eigenvalue weighted by molar-refractivity contribution is 5.99. The minimum absolute atomic E-state index is 0.117. The lowest BCUT2D eigenvalue weighted by atomic mass is 10.0. The van der Waals surface area contributed by atoms with Gasteiger partial charge < -0.3 is 29.9 Å². The van der Waals surface area contributed by atoms with Gasteiger partial charge in [0, 0.05) is 50.7 Å². The summed E-state index contributed by atoms with van der Waals surface area (Å²) in [7, 11) is 0. The number of hydrogen-bond donors (Lipinski definition) is 2. The topological polar surface area (TPSA) is 84.0 Å². The number of carbonyl (C=O) groups is 1. The normalized spacial score (nSPS) is 19.8. The van der Waals surface area contributed by atoms with Gasteiger partial charge in [0.25, 0.3) is 5.91 Å².